The Bertz CT molecular complexity index is 1150. The van der Waals surface area contributed by atoms with Gasteiger partial charge >= 0.3 is 6.03 Å². The van der Waals surface area contributed by atoms with Gasteiger partial charge in [-0.2, -0.15) is 9.61 Å². The Morgan fingerprint density at radius 2 is 1.91 bits per heavy atom. The zero-order chi connectivity index (χ0) is 22.2. The third-order valence-corrected chi connectivity index (χ3v) is 6.54. The summed E-state index contributed by atoms with van der Waals surface area (Å²) in [4.78, 5) is 31.1. The van der Waals surface area contributed by atoms with Crippen LogP contribution in [0.15, 0.2) is 42.5 Å². The largest absolute Gasteiger partial charge is 0.356 e. The van der Waals surface area contributed by atoms with Gasteiger partial charge in [-0.1, -0.05) is 30.3 Å². The van der Waals surface area contributed by atoms with E-state index in [0.717, 1.165) is 55.2 Å². The number of rotatable bonds is 6. The van der Waals surface area contributed by atoms with Crippen LogP contribution in [0.5, 0.6) is 0 Å². The number of Topliss-reactive ketones (excluding diaryl/α,β-unsaturated/α-hetero) is 1. The Morgan fingerprint density at radius 3 is 2.62 bits per heavy atom. The summed E-state index contributed by atoms with van der Waals surface area (Å²) in [7, 11) is 0. The molecule has 166 valence electrons. The lowest BCUT2D eigenvalue weighted by atomic mass is 10.0. The van der Waals surface area contributed by atoms with Gasteiger partial charge < -0.3 is 16.0 Å². The van der Waals surface area contributed by atoms with Gasteiger partial charge in [0.05, 0.1) is 11.4 Å². The normalized spacial score (nSPS) is 21.0. The van der Waals surface area contributed by atoms with Crippen molar-refractivity contribution in [3.8, 4) is 0 Å². The number of carbonyl (C=O) groups is 2. The number of hydrogen-bond donors (Lipinski definition) is 2. The van der Waals surface area contributed by atoms with E-state index in [9.17, 15) is 9.59 Å². The number of nitrogens with one attached hydrogen (secondary N) is 1. The van der Waals surface area contributed by atoms with E-state index in [1.54, 1.807) is 0 Å². The number of urea groups is 1. The Labute approximate surface area is 186 Å². The minimum absolute atomic E-state index is 0.0844. The molecule has 2 amide bonds. The van der Waals surface area contributed by atoms with Crippen LogP contribution in [0, 0.1) is 12.8 Å². The lowest BCUT2D eigenvalue weighted by molar-refractivity contribution is -0.119. The van der Waals surface area contributed by atoms with Gasteiger partial charge in [-0.15, -0.1) is 0 Å². The van der Waals surface area contributed by atoms with Crippen LogP contribution in [0.4, 0.5) is 10.6 Å². The number of carbonyl (C=O) groups excluding carboxylic acids is 2. The summed E-state index contributed by atoms with van der Waals surface area (Å²) in [6.07, 6.45) is 2.87. The number of ketones is 1. The zero-order valence-electron chi connectivity index (χ0n) is 18.2. The molecule has 1 aliphatic heterocycles. The first-order chi connectivity index (χ1) is 15.5. The van der Waals surface area contributed by atoms with E-state index in [-0.39, 0.29) is 17.7 Å². The monoisotopic (exact) mass is 432 g/mol. The molecule has 3 N–H and O–H groups in total. The van der Waals surface area contributed by atoms with Gasteiger partial charge in [0.15, 0.2) is 5.65 Å². The number of nitrogens with two attached hydrogens (primary N) is 1. The molecule has 2 aliphatic rings. The number of hydrogen-bond acceptors (Lipinski definition) is 5. The average Bonchev–Trinajstić information content (AvgIpc) is 3.49. The number of aryl methyl sites for hydroxylation is 1. The van der Waals surface area contributed by atoms with Crippen molar-refractivity contribution in [2.24, 2.45) is 11.7 Å². The van der Waals surface area contributed by atoms with Crippen LogP contribution in [0.3, 0.4) is 0 Å². The summed E-state index contributed by atoms with van der Waals surface area (Å²) in [5.74, 6) is 1.61. The van der Waals surface area contributed by atoms with Crippen LogP contribution in [-0.2, 0) is 11.2 Å². The predicted molar refractivity (Wildman–Crippen MR) is 122 cm³/mol. The van der Waals surface area contributed by atoms with Crippen molar-refractivity contribution in [1.29, 1.82) is 0 Å². The summed E-state index contributed by atoms with van der Waals surface area (Å²) in [5, 5.41) is 7.42. The van der Waals surface area contributed by atoms with Crippen LogP contribution < -0.4 is 16.0 Å². The zero-order valence-corrected chi connectivity index (χ0v) is 18.2. The molecule has 0 spiro atoms. The van der Waals surface area contributed by atoms with Gasteiger partial charge in [0.25, 0.3) is 0 Å². The van der Waals surface area contributed by atoms with Crippen molar-refractivity contribution < 1.29 is 9.59 Å². The highest BCUT2D eigenvalue weighted by Gasteiger charge is 2.43. The quantitative estimate of drug-likeness (QED) is 0.623. The molecule has 2 fully saturated rings. The molecule has 8 nitrogen and oxygen atoms in total. The number of fused-ring (bicyclic) bond motifs is 1. The number of nitrogens with zero attached hydrogens (tertiary/aromatic N) is 4. The van der Waals surface area contributed by atoms with Crippen molar-refractivity contribution in [2.75, 3.05) is 18.0 Å². The standard InChI is InChI=1S/C24H28N6O2/c1-15-11-22-26-18(12-21(31)20-14-19(20)16-5-3-2-4-6-16)13-23(30(22)28-15)29-9-7-17(8-10-29)27-24(25)32/h2-6,11,13,17,19-20H,7-10,12,14H2,1H3,(H3,25,27,32)/t19-,20+/m0/s1. The Hall–Kier alpha value is -3.42. The molecule has 1 aromatic carbocycles. The maximum atomic E-state index is 13.0. The molecule has 0 bridgehead atoms. The summed E-state index contributed by atoms with van der Waals surface area (Å²) >= 11 is 0. The lowest BCUT2D eigenvalue weighted by Crippen LogP contribution is -2.46. The molecular weight excluding hydrogens is 404 g/mol. The minimum atomic E-state index is -0.480. The molecule has 1 saturated carbocycles. The molecule has 3 heterocycles. The van der Waals surface area contributed by atoms with Gasteiger partial charge in [-0.05, 0) is 37.7 Å². The number of piperidine rings is 1. The molecule has 3 aromatic rings. The number of amides is 2. The fraction of sp³-hybridized carbons (Fsp3) is 0.417. The molecule has 0 unspecified atom stereocenters. The third-order valence-electron chi connectivity index (χ3n) is 6.54. The van der Waals surface area contributed by atoms with Crippen molar-refractivity contribution in [1.82, 2.24) is 19.9 Å². The SMILES string of the molecule is Cc1cc2nc(CC(=O)[C@@H]3C[C@H]3c3ccccc3)cc(N3CCC(NC(N)=O)CC3)n2n1. The van der Waals surface area contributed by atoms with Crippen molar-refractivity contribution in [3.05, 3.63) is 59.4 Å². The smallest absolute Gasteiger partial charge is 0.312 e. The molecule has 8 heteroatoms. The Morgan fingerprint density at radius 1 is 1.16 bits per heavy atom. The van der Waals surface area contributed by atoms with Crippen LogP contribution in [0.2, 0.25) is 0 Å². The van der Waals surface area contributed by atoms with Crippen molar-refractivity contribution >= 4 is 23.3 Å². The van der Waals surface area contributed by atoms with Gasteiger partial charge in [0.2, 0.25) is 0 Å². The summed E-state index contributed by atoms with van der Waals surface area (Å²) in [6, 6.07) is 13.8. The summed E-state index contributed by atoms with van der Waals surface area (Å²) in [5.41, 5.74) is 8.95. The molecule has 1 aliphatic carbocycles. The van der Waals surface area contributed by atoms with Crippen LogP contribution in [0.1, 0.15) is 42.1 Å². The molecule has 32 heavy (non-hydrogen) atoms. The number of aromatic nitrogens is 3. The van der Waals surface area contributed by atoms with E-state index in [0.29, 0.717) is 12.3 Å². The van der Waals surface area contributed by atoms with Gasteiger partial charge in [-0.3, -0.25) is 4.79 Å². The maximum Gasteiger partial charge on any atom is 0.312 e. The van der Waals surface area contributed by atoms with E-state index >= 15 is 0 Å². The molecule has 5 rings (SSSR count). The number of benzene rings is 1. The van der Waals surface area contributed by atoms with Crippen LogP contribution in [-0.4, -0.2) is 45.5 Å². The molecule has 0 radical (unpaired) electrons. The Balaban J connectivity index is 1.34. The maximum absolute atomic E-state index is 13.0. The fourth-order valence-electron chi connectivity index (χ4n) is 4.82. The fourth-order valence-corrected chi connectivity index (χ4v) is 4.82. The van der Waals surface area contributed by atoms with Gasteiger partial charge in [-0.25, -0.2) is 9.78 Å². The topological polar surface area (TPSA) is 106 Å². The minimum Gasteiger partial charge on any atom is -0.356 e. The van der Waals surface area contributed by atoms with Crippen molar-refractivity contribution in [2.45, 2.75) is 44.6 Å². The highest BCUT2D eigenvalue weighted by atomic mass is 16.2. The number of primary amides is 1. The first-order valence-corrected chi connectivity index (χ1v) is 11.2. The second kappa shape index (κ2) is 8.26. The molecule has 2 atom stereocenters. The summed E-state index contributed by atoms with van der Waals surface area (Å²) in [6.45, 7) is 3.49. The van der Waals surface area contributed by atoms with Crippen molar-refractivity contribution in [3.63, 3.8) is 0 Å². The third kappa shape index (κ3) is 4.17. The molecule has 1 saturated heterocycles. The van der Waals surface area contributed by atoms with E-state index in [2.05, 4.69) is 27.4 Å². The summed E-state index contributed by atoms with van der Waals surface area (Å²) < 4.78 is 1.86. The highest BCUT2D eigenvalue weighted by Crippen LogP contribution is 2.48. The molecular formula is C24H28N6O2. The number of anilines is 1. The van der Waals surface area contributed by atoms with E-state index in [1.807, 2.05) is 41.8 Å². The molecule has 2 aromatic heterocycles. The van der Waals surface area contributed by atoms with Gasteiger partial charge in [0.1, 0.15) is 11.6 Å². The first-order valence-electron chi connectivity index (χ1n) is 11.2. The second-order valence-corrected chi connectivity index (χ2v) is 8.93. The second-order valence-electron chi connectivity index (χ2n) is 8.93. The van der Waals surface area contributed by atoms with Crippen LogP contribution >= 0.6 is 0 Å². The van der Waals surface area contributed by atoms with Gasteiger partial charge in [0, 0.05) is 43.6 Å². The highest BCUT2D eigenvalue weighted by molar-refractivity contribution is 5.87. The average molecular weight is 433 g/mol. The van der Waals surface area contributed by atoms with E-state index < -0.39 is 6.03 Å². The van der Waals surface area contributed by atoms with E-state index in [1.165, 1.54) is 5.56 Å². The Kier molecular flexibility index (Phi) is 5.28. The lowest BCUT2D eigenvalue weighted by Gasteiger charge is -2.33. The first kappa shape index (κ1) is 20.5. The predicted octanol–water partition coefficient (Wildman–Crippen LogP) is 2.59. The van der Waals surface area contributed by atoms with E-state index in [4.69, 9.17) is 10.7 Å². The van der Waals surface area contributed by atoms with Crippen LogP contribution in [0.25, 0.3) is 5.65 Å².